The van der Waals surface area contributed by atoms with Crippen molar-refractivity contribution in [2.45, 2.75) is 20.4 Å². The first kappa shape index (κ1) is 14.4. The fourth-order valence-electron chi connectivity index (χ4n) is 2.57. The van der Waals surface area contributed by atoms with Gasteiger partial charge in [-0.2, -0.15) is 0 Å². The molecule has 0 saturated carbocycles. The Morgan fingerprint density at radius 3 is 2.71 bits per heavy atom. The van der Waals surface area contributed by atoms with E-state index in [0.717, 1.165) is 27.5 Å². The van der Waals surface area contributed by atoms with E-state index in [4.69, 9.17) is 5.11 Å². The number of carboxylic acid groups (broad SMARTS) is 1. The maximum absolute atomic E-state index is 11.1. The van der Waals surface area contributed by atoms with Crippen molar-refractivity contribution in [1.29, 1.82) is 0 Å². The Hall–Kier alpha value is -1.59. The van der Waals surface area contributed by atoms with Gasteiger partial charge in [0.25, 0.3) is 0 Å². The number of aromatic nitrogens is 1. The standard InChI is InChI=1S/C16H14BrNO2S/c1-9-10(2)18(8-15-13(17)5-6-21-15)14-4-3-11(16(19)20)7-12(9)14/h3-7H,8H2,1-2H3,(H,19,20). The molecule has 0 radical (unpaired) electrons. The highest BCUT2D eigenvalue weighted by Crippen LogP contribution is 2.30. The summed E-state index contributed by atoms with van der Waals surface area (Å²) >= 11 is 5.29. The normalized spacial score (nSPS) is 11.2. The summed E-state index contributed by atoms with van der Waals surface area (Å²) in [6, 6.07) is 7.39. The summed E-state index contributed by atoms with van der Waals surface area (Å²) < 4.78 is 3.36. The van der Waals surface area contributed by atoms with Crippen LogP contribution in [-0.4, -0.2) is 15.6 Å². The van der Waals surface area contributed by atoms with Gasteiger partial charge in [-0.05, 0) is 65.0 Å². The molecule has 3 nitrogen and oxygen atoms in total. The number of aromatic carboxylic acids is 1. The monoisotopic (exact) mass is 363 g/mol. The van der Waals surface area contributed by atoms with Gasteiger partial charge in [-0.1, -0.05) is 0 Å². The van der Waals surface area contributed by atoms with Crippen LogP contribution in [-0.2, 0) is 6.54 Å². The first-order valence-corrected chi connectivity index (χ1v) is 8.21. The van der Waals surface area contributed by atoms with Gasteiger partial charge < -0.3 is 9.67 Å². The Bertz CT molecular complexity index is 847. The predicted molar refractivity (Wildman–Crippen MR) is 89.5 cm³/mol. The van der Waals surface area contributed by atoms with Crippen molar-refractivity contribution >= 4 is 44.1 Å². The molecular formula is C16H14BrNO2S. The number of rotatable bonds is 3. The zero-order valence-corrected chi connectivity index (χ0v) is 14.1. The first-order chi connectivity index (χ1) is 9.99. The molecule has 21 heavy (non-hydrogen) atoms. The molecule has 108 valence electrons. The fraction of sp³-hybridized carbons (Fsp3) is 0.188. The summed E-state index contributed by atoms with van der Waals surface area (Å²) in [6.45, 7) is 4.92. The lowest BCUT2D eigenvalue weighted by Gasteiger charge is -2.08. The van der Waals surface area contributed by atoms with E-state index in [1.165, 1.54) is 10.6 Å². The molecule has 0 amide bonds. The molecule has 2 heterocycles. The summed E-state index contributed by atoms with van der Waals surface area (Å²) in [5.74, 6) is -0.886. The van der Waals surface area contributed by atoms with E-state index in [0.29, 0.717) is 5.56 Å². The Kier molecular flexibility index (Phi) is 3.63. The van der Waals surface area contributed by atoms with Crippen LogP contribution in [0.4, 0.5) is 0 Å². The van der Waals surface area contributed by atoms with Gasteiger partial charge in [0.1, 0.15) is 0 Å². The van der Waals surface area contributed by atoms with E-state index in [1.54, 1.807) is 23.5 Å². The zero-order valence-electron chi connectivity index (χ0n) is 11.7. The summed E-state index contributed by atoms with van der Waals surface area (Å²) in [4.78, 5) is 12.4. The van der Waals surface area contributed by atoms with Crippen molar-refractivity contribution in [2.24, 2.45) is 0 Å². The number of carboxylic acids is 1. The largest absolute Gasteiger partial charge is 0.478 e. The van der Waals surface area contributed by atoms with Crippen LogP contribution < -0.4 is 0 Å². The highest BCUT2D eigenvalue weighted by atomic mass is 79.9. The first-order valence-electron chi connectivity index (χ1n) is 6.53. The number of carbonyl (C=O) groups is 1. The zero-order chi connectivity index (χ0) is 15.1. The van der Waals surface area contributed by atoms with Gasteiger partial charge in [0.05, 0.1) is 12.1 Å². The van der Waals surface area contributed by atoms with Gasteiger partial charge >= 0.3 is 5.97 Å². The number of benzene rings is 1. The van der Waals surface area contributed by atoms with E-state index in [-0.39, 0.29) is 0 Å². The summed E-state index contributed by atoms with van der Waals surface area (Å²) in [5.41, 5.74) is 3.73. The molecule has 1 aromatic carbocycles. The number of halogens is 1. The lowest BCUT2D eigenvalue weighted by atomic mass is 10.1. The smallest absolute Gasteiger partial charge is 0.335 e. The van der Waals surface area contributed by atoms with Crippen LogP contribution in [0.1, 0.15) is 26.5 Å². The molecule has 0 unspecified atom stereocenters. The van der Waals surface area contributed by atoms with E-state index < -0.39 is 5.97 Å². The Morgan fingerprint density at radius 2 is 2.10 bits per heavy atom. The van der Waals surface area contributed by atoms with Crippen LogP contribution in [0.2, 0.25) is 0 Å². The third-order valence-corrected chi connectivity index (χ3v) is 5.79. The molecule has 2 aromatic heterocycles. The quantitative estimate of drug-likeness (QED) is 0.723. The maximum atomic E-state index is 11.1. The number of thiophene rings is 1. The van der Waals surface area contributed by atoms with Crippen molar-refractivity contribution in [3.05, 3.63) is 55.8 Å². The lowest BCUT2D eigenvalue weighted by Crippen LogP contribution is -2.01. The van der Waals surface area contributed by atoms with Crippen molar-refractivity contribution in [3.63, 3.8) is 0 Å². The van der Waals surface area contributed by atoms with Crippen LogP contribution in [0.3, 0.4) is 0 Å². The molecule has 0 fully saturated rings. The highest BCUT2D eigenvalue weighted by Gasteiger charge is 2.14. The number of fused-ring (bicyclic) bond motifs is 1. The third-order valence-electron chi connectivity index (χ3n) is 3.88. The Balaban J connectivity index is 2.17. The Labute approximate surface area is 135 Å². The van der Waals surface area contributed by atoms with Crippen LogP contribution in [0.5, 0.6) is 0 Å². The minimum absolute atomic E-state index is 0.333. The van der Waals surface area contributed by atoms with E-state index >= 15 is 0 Å². The van der Waals surface area contributed by atoms with Gasteiger partial charge in [0, 0.05) is 25.9 Å². The molecule has 3 rings (SSSR count). The summed E-state index contributed by atoms with van der Waals surface area (Å²) in [6.07, 6.45) is 0. The highest BCUT2D eigenvalue weighted by molar-refractivity contribution is 9.10. The van der Waals surface area contributed by atoms with Gasteiger partial charge in [-0.25, -0.2) is 4.79 Å². The lowest BCUT2D eigenvalue weighted by molar-refractivity contribution is 0.0697. The number of hydrogen-bond acceptors (Lipinski definition) is 2. The number of hydrogen-bond donors (Lipinski definition) is 1. The molecule has 0 aliphatic heterocycles. The minimum Gasteiger partial charge on any atom is -0.478 e. The molecule has 3 aromatic rings. The van der Waals surface area contributed by atoms with Crippen LogP contribution in [0, 0.1) is 13.8 Å². The Morgan fingerprint density at radius 1 is 1.33 bits per heavy atom. The minimum atomic E-state index is -0.886. The van der Waals surface area contributed by atoms with E-state index in [2.05, 4.69) is 38.9 Å². The summed E-state index contributed by atoms with van der Waals surface area (Å²) in [7, 11) is 0. The van der Waals surface area contributed by atoms with Gasteiger partial charge in [0.2, 0.25) is 0 Å². The maximum Gasteiger partial charge on any atom is 0.335 e. The van der Waals surface area contributed by atoms with Crippen LogP contribution in [0.15, 0.2) is 34.1 Å². The molecule has 0 atom stereocenters. The molecule has 1 N–H and O–H groups in total. The van der Waals surface area contributed by atoms with Crippen LogP contribution in [0.25, 0.3) is 10.9 Å². The second kappa shape index (κ2) is 5.31. The van der Waals surface area contributed by atoms with E-state index in [1.807, 2.05) is 13.0 Å². The van der Waals surface area contributed by atoms with Crippen molar-refractivity contribution in [2.75, 3.05) is 0 Å². The molecule has 0 aliphatic carbocycles. The molecule has 0 bridgehead atoms. The van der Waals surface area contributed by atoms with Crippen molar-refractivity contribution in [3.8, 4) is 0 Å². The molecular weight excluding hydrogens is 350 g/mol. The van der Waals surface area contributed by atoms with Crippen molar-refractivity contribution < 1.29 is 9.90 Å². The second-order valence-electron chi connectivity index (χ2n) is 5.03. The fourth-order valence-corrected chi connectivity index (χ4v) is 4.03. The summed E-state index contributed by atoms with van der Waals surface area (Å²) in [5, 5.41) is 12.2. The van der Waals surface area contributed by atoms with Crippen molar-refractivity contribution in [1.82, 2.24) is 4.57 Å². The van der Waals surface area contributed by atoms with Gasteiger partial charge in [-0.3, -0.25) is 0 Å². The molecule has 5 heteroatoms. The average molecular weight is 364 g/mol. The molecule has 0 spiro atoms. The topological polar surface area (TPSA) is 42.2 Å². The molecule has 0 saturated heterocycles. The third kappa shape index (κ3) is 2.40. The number of nitrogens with zero attached hydrogens (tertiary/aromatic N) is 1. The van der Waals surface area contributed by atoms with E-state index in [9.17, 15) is 4.79 Å². The van der Waals surface area contributed by atoms with Crippen LogP contribution >= 0.6 is 27.3 Å². The number of aryl methyl sites for hydroxylation is 1. The van der Waals surface area contributed by atoms with Gasteiger partial charge in [-0.15, -0.1) is 11.3 Å². The predicted octanol–water partition coefficient (Wildman–Crippen LogP) is 4.83. The SMILES string of the molecule is Cc1c(C)n(Cc2sccc2Br)c2ccc(C(=O)O)cc12. The second-order valence-corrected chi connectivity index (χ2v) is 6.88. The van der Waals surface area contributed by atoms with Gasteiger partial charge in [0.15, 0.2) is 0 Å². The molecule has 0 aliphatic rings. The average Bonchev–Trinajstić information content (AvgIpc) is 2.96.